The fourth-order valence-corrected chi connectivity index (χ4v) is 3.39. The van der Waals surface area contributed by atoms with Gasteiger partial charge in [-0.2, -0.15) is 0 Å². The van der Waals surface area contributed by atoms with E-state index < -0.39 is 0 Å². The maximum Gasteiger partial charge on any atom is 0.227 e. The Balaban J connectivity index is 1.90. The van der Waals surface area contributed by atoms with E-state index in [0.717, 1.165) is 28.9 Å². The Bertz CT molecular complexity index is 823. The zero-order valence-corrected chi connectivity index (χ0v) is 18.5. The maximum absolute atomic E-state index is 12.1. The normalized spacial score (nSPS) is 12.5. The largest absolute Gasteiger partial charge is 0.375 e. The molecule has 2 rings (SSSR count). The molecule has 0 aromatic carbocycles. The minimum atomic E-state index is -0.108. The second-order valence-corrected chi connectivity index (χ2v) is 7.50. The topological polar surface area (TPSA) is 91.7 Å². The first-order valence-electron chi connectivity index (χ1n) is 9.63. The van der Waals surface area contributed by atoms with E-state index in [2.05, 4.69) is 25.6 Å². The molecular weight excluding hydrogens is 388 g/mol. The lowest BCUT2D eigenvalue weighted by atomic mass is 10.3. The Labute approximate surface area is 176 Å². The number of carbonyl (C=O) groups excluding carboxylic acids is 1. The highest BCUT2D eigenvalue weighted by Crippen LogP contribution is 2.20. The molecule has 29 heavy (non-hydrogen) atoms. The third-order valence-electron chi connectivity index (χ3n) is 4.12. The molecule has 0 saturated carbocycles. The first kappa shape index (κ1) is 22.8. The van der Waals surface area contributed by atoms with Crippen LogP contribution in [0.25, 0.3) is 0 Å². The Morgan fingerprint density at radius 2 is 2.17 bits per heavy atom. The van der Waals surface area contributed by atoms with E-state index in [1.165, 1.54) is 0 Å². The Morgan fingerprint density at radius 1 is 1.38 bits per heavy atom. The number of aromatic nitrogens is 2. The standard InChI is InChI=1S/C20H30N6O2S/c1-6-21-20(26(4)12-16-13-29-19(24-16)15(3)28-5)22-11-10-18(27)25-17-9-7-8-14(2)23-17/h7-9,13,15H,6,10-12H2,1-5H3,(H,21,22)(H,23,25,27). The van der Waals surface area contributed by atoms with E-state index in [4.69, 9.17) is 4.74 Å². The molecule has 0 spiro atoms. The van der Waals surface area contributed by atoms with E-state index in [1.54, 1.807) is 24.5 Å². The van der Waals surface area contributed by atoms with E-state index in [-0.39, 0.29) is 18.4 Å². The SMILES string of the molecule is CCNC(=NCCC(=O)Nc1cccc(C)n1)N(C)Cc1csc(C(C)OC)n1. The molecule has 0 aliphatic heterocycles. The second kappa shape index (κ2) is 11.5. The van der Waals surface area contributed by atoms with Gasteiger partial charge in [-0.1, -0.05) is 6.07 Å². The van der Waals surface area contributed by atoms with E-state index in [0.29, 0.717) is 18.9 Å². The highest BCUT2D eigenvalue weighted by Gasteiger charge is 2.13. The number of amides is 1. The lowest BCUT2D eigenvalue weighted by molar-refractivity contribution is -0.116. The number of nitrogens with zero attached hydrogens (tertiary/aromatic N) is 4. The summed E-state index contributed by atoms with van der Waals surface area (Å²) in [5, 5.41) is 9.05. The predicted octanol–water partition coefficient (Wildman–Crippen LogP) is 2.98. The molecule has 9 heteroatoms. The molecule has 1 unspecified atom stereocenters. The van der Waals surface area contributed by atoms with Gasteiger partial charge in [0.2, 0.25) is 5.91 Å². The molecule has 2 heterocycles. The number of nitrogens with one attached hydrogen (secondary N) is 2. The van der Waals surface area contributed by atoms with E-state index in [1.807, 2.05) is 50.2 Å². The number of carbonyl (C=O) groups is 1. The molecule has 1 amide bonds. The minimum absolute atomic E-state index is 0.0117. The highest BCUT2D eigenvalue weighted by atomic mass is 32.1. The van der Waals surface area contributed by atoms with Crippen molar-refractivity contribution in [3.05, 3.63) is 40.0 Å². The van der Waals surface area contributed by atoms with Gasteiger partial charge in [0.15, 0.2) is 5.96 Å². The van der Waals surface area contributed by atoms with Crippen molar-refractivity contribution >= 4 is 29.0 Å². The Kier molecular flexibility index (Phi) is 9.01. The van der Waals surface area contributed by atoms with Gasteiger partial charge in [0.1, 0.15) is 16.9 Å². The number of hydrogen-bond donors (Lipinski definition) is 2. The smallest absolute Gasteiger partial charge is 0.227 e. The van der Waals surface area contributed by atoms with Crippen molar-refractivity contribution in [3.63, 3.8) is 0 Å². The molecule has 1 atom stereocenters. The van der Waals surface area contributed by atoms with Gasteiger partial charge in [-0.05, 0) is 32.9 Å². The summed E-state index contributed by atoms with van der Waals surface area (Å²) in [7, 11) is 3.63. The van der Waals surface area contributed by atoms with Crippen molar-refractivity contribution in [1.82, 2.24) is 20.2 Å². The Morgan fingerprint density at radius 3 is 2.86 bits per heavy atom. The van der Waals surface area contributed by atoms with Gasteiger partial charge in [0.25, 0.3) is 0 Å². The second-order valence-electron chi connectivity index (χ2n) is 6.61. The number of aliphatic imine (C=N–C) groups is 1. The van der Waals surface area contributed by atoms with Gasteiger partial charge >= 0.3 is 0 Å². The van der Waals surface area contributed by atoms with Crippen molar-refractivity contribution in [2.24, 2.45) is 4.99 Å². The summed E-state index contributed by atoms with van der Waals surface area (Å²) in [6.45, 7) is 7.63. The molecule has 0 aliphatic rings. The van der Waals surface area contributed by atoms with Crippen LogP contribution in [0.2, 0.25) is 0 Å². The van der Waals surface area contributed by atoms with Crippen molar-refractivity contribution < 1.29 is 9.53 Å². The lowest BCUT2D eigenvalue weighted by Gasteiger charge is -2.21. The maximum atomic E-state index is 12.1. The third kappa shape index (κ3) is 7.43. The summed E-state index contributed by atoms with van der Waals surface area (Å²) in [4.78, 5) is 27.6. The van der Waals surface area contributed by atoms with Crippen LogP contribution in [0.1, 0.15) is 42.8 Å². The van der Waals surface area contributed by atoms with Crippen LogP contribution in [-0.4, -0.2) is 54.0 Å². The number of methoxy groups -OCH3 is 1. The van der Waals surface area contributed by atoms with Crippen molar-refractivity contribution in [3.8, 4) is 0 Å². The van der Waals surface area contributed by atoms with Gasteiger partial charge in [0.05, 0.1) is 18.8 Å². The summed E-state index contributed by atoms with van der Waals surface area (Å²) < 4.78 is 5.32. The molecule has 2 aromatic heterocycles. The van der Waals surface area contributed by atoms with Crippen molar-refractivity contribution in [2.75, 3.05) is 32.6 Å². The average Bonchev–Trinajstić information content (AvgIpc) is 3.15. The third-order valence-corrected chi connectivity index (χ3v) is 5.18. The fourth-order valence-electron chi connectivity index (χ4n) is 2.55. The number of ether oxygens (including phenoxy) is 1. The first-order chi connectivity index (χ1) is 13.9. The van der Waals surface area contributed by atoms with Crippen LogP contribution in [0.5, 0.6) is 0 Å². The van der Waals surface area contributed by atoms with Gasteiger partial charge in [-0.3, -0.25) is 9.79 Å². The Hall–Kier alpha value is -2.52. The summed E-state index contributed by atoms with van der Waals surface area (Å²) in [5.41, 5.74) is 1.83. The number of anilines is 1. The predicted molar refractivity (Wildman–Crippen MR) is 117 cm³/mol. The van der Waals surface area contributed by atoms with Crippen LogP contribution in [0.3, 0.4) is 0 Å². The molecule has 0 bridgehead atoms. The van der Waals surface area contributed by atoms with E-state index >= 15 is 0 Å². The molecule has 158 valence electrons. The quantitative estimate of drug-likeness (QED) is 0.480. The van der Waals surface area contributed by atoms with Crippen molar-refractivity contribution in [1.29, 1.82) is 0 Å². The van der Waals surface area contributed by atoms with Gasteiger partial charge < -0.3 is 20.3 Å². The summed E-state index contributed by atoms with van der Waals surface area (Å²) in [6, 6.07) is 5.53. The highest BCUT2D eigenvalue weighted by molar-refractivity contribution is 7.09. The van der Waals surface area contributed by atoms with Crippen LogP contribution in [0.15, 0.2) is 28.6 Å². The molecular formula is C20H30N6O2S. The number of pyridine rings is 1. The van der Waals surface area contributed by atoms with Crippen molar-refractivity contribution in [2.45, 2.75) is 39.8 Å². The van der Waals surface area contributed by atoms with Gasteiger partial charge in [-0.15, -0.1) is 11.3 Å². The van der Waals surface area contributed by atoms with Crippen LogP contribution in [0, 0.1) is 6.92 Å². The molecule has 0 aliphatic carbocycles. The van der Waals surface area contributed by atoms with Gasteiger partial charge in [-0.25, -0.2) is 9.97 Å². The number of thiazole rings is 1. The van der Waals surface area contributed by atoms with Crippen LogP contribution >= 0.6 is 11.3 Å². The number of aryl methyl sites for hydroxylation is 1. The number of guanidine groups is 1. The monoisotopic (exact) mass is 418 g/mol. The molecule has 0 radical (unpaired) electrons. The summed E-state index contributed by atoms with van der Waals surface area (Å²) >= 11 is 1.59. The summed E-state index contributed by atoms with van der Waals surface area (Å²) in [5.74, 6) is 1.19. The molecule has 2 aromatic rings. The molecule has 0 saturated heterocycles. The number of hydrogen-bond acceptors (Lipinski definition) is 6. The average molecular weight is 419 g/mol. The zero-order chi connectivity index (χ0) is 21.2. The van der Waals surface area contributed by atoms with Gasteiger partial charge in [0, 0.05) is 38.2 Å². The molecule has 2 N–H and O–H groups in total. The minimum Gasteiger partial charge on any atom is -0.375 e. The number of rotatable bonds is 9. The zero-order valence-electron chi connectivity index (χ0n) is 17.7. The van der Waals surface area contributed by atoms with Crippen LogP contribution in [-0.2, 0) is 16.1 Å². The van der Waals surface area contributed by atoms with Crippen LogP contribution in [0.4, 0.5) is 5.82 Å². The lowest BCUT2D eigenvalue weighted by Crippen LogP contribution is -2.38. The first-order valence-corrected chi connectivity index (χ1v) is 10.5. The van der Waals surface area contributed by atoms with E-state index in [9.17, 15) is 4.79 Å². The molecule has 0 fully saturated rings. The van der Waals surface area contributed by atoms with Crippen LogP contribution < -0.4 is 10.6 Å². The molecule has 8 nitrogen and oxygen atoms in total. The fraction of sp³-hybridized carbons (Fsp3) is 0.500. The summed E-state index contributed by atoms with van der Waals surface area (Å²) in [6.07, 6.45) is 0.271.